The molecule has 0 aliphatic carbocycles. The zero-order valence-corrected chi connectivity index (χ0v) is 30.0. The highest BCUT2D eigenvalue weighted by Crippen LogP contribution is 2.48. The molecule has 4 atom stereocenters. The van der Waals surface area contributed by atoms with Crippen molar-refractivity contribution >= 4 is 34.6 Å². The summed E-state index contributed by atoms with van der Waals surface area (Å²) in [7, 11) is 0. The maximum atomic E-state index is 16.2. The molecular weight excluding hydrogens is 671 g/mol. The Morgan fingerprint density at radius 1 is 0.604 bits per heavy atom. The normalized spacial score (nSPS) is 23.4. The summed E-state index contributed by atoms with van der Waals surface area (Å²) in [5, 5.41) is 12.5. The average Bonchev–Trinajstić information content (AvgIpc) is 3.99. The summed E-state index contributed by atoms with van der Waals surface area (Å²) in [4.78, 5) is 29.5. The highest BCUT2D eigenvalue weighted by atomic mass is 19.1. The Morgan fingerprint density at radius 3 is 1.55 bits per heavy atom. The van der Waals surface area contributed by atoms with E-state index in [2.05, 4.69) is 38.3 Å². The molecule has 4 heterocycles. The third-order valence-corrected chi connectivity index (χ3v) is 11.6. The van der Waals surface area contributed by atoms with Crippen LogP contribution in [0.15, 0.2) is 91.0 Å². The van der Waals surface area contributed by atoms with Crippen molar-refractivity contribution in [3.63, 3.8) is 0 Å². The lowest BCUT2D eigenvalue weighted by Crippen LogP contribution is -2.35. The van der Waals surface area contributed by atoms with Crippen molar-refractivity contribution in [2.24, 2.45) is 0 Å². The fourth-order valence-corrected chi connectivity index (χ4v) is 8.84. The summed E-state index contributed by atoms with van der Waals surface area (Å²) >= 11 is 0. The Morgan fingerprint density at radius 2 is 1.09 bits per heavy atom. The Bertz CT molecular complexity index is 1780. The van der Waals surface area contributed by atoms with Gasteiger partial charge in [-0.3, -0.25) is 9.59 Å². The minimum atomic E-state index is -0.556. The first-order chi connectivity index (χ1) is 25.9. The molecule has 0 bridgehead atoms. The minimum Gasteiger partial charge on any atom is -0.367 e. The number of halogens is 2. The van der Waals surface area contributed by atoms with Crippen molar-refractivity contribution in [1.29, 1.82) is 0 Å². The van der Waals surface area contributed by atoms with Crippen LogP contribution in [0.1, 0.15) is 86.1 Å². The third kappa shape index (κ3) is 7.66. The third-order valence-electron chi connectivity index (χ3n) is 11.6. The SMILES string of the molecule is O=C(Nc1ccc([C@@H]2CC[C@@H](c3ccc(NC(=O)[C@@H]4CCCN4)cc3)N2c2cc(F)c(N3CCC(c4ccccc4)CC3)c(F)c2)cc1)[C@@H]1CCCN1. The summed E-state index contributed by atoms with van der Waals surface area (Å²) in [5.41, 5.74) is 5.26. The molecule has 4 aliphatic rings. The number of benzene rings is 4. The number of rotatable bonds is 9. The van der Waals surface area contributed by atoms with E-state index < -0.39 is 11.6 Å². The Kier molecular flexibility index (Phi) is 10.4. The molecule has 4 N–H and O–H groups in total. The molecule has 53 heavy (non-hydrogen) atoms. The molecule has 0 spiro atoms. The molecule has 4 aromatic carbocycles. The predicted molar refractivity (Wildman–Crippen MR) is 206 cm³/mol. The number of hydrogen-bond donors (Lipinski definition) is 4. The molecule has 4 saturated heterocycles. The lowest BCUT2D eigenvalue weighted by atomic mass is 9.89. The van der Waals surface area contributed by atoms with Gasteiger partial charge in [-0.05, 0) is 123 Å². The molecule has 4 aliphatic heterocycles. The number of amides is 2. The minimum absolute atomic E-state index is 0.0349. The van der Waals surface area contributed by atoms with Gasteiger partial charge in [0, 0.05) is 30.2 Å². The van der Waals surface area contributed by atoms with E-state index in [-0.39, 0.29) is 41.7 Å². The number of nitrogens with one attached hydrogen (secondary N) is 4. The van der Waals surface area contributed by atoms with Gasteiger partial charge in [-0.2, -0.15) is 0 Å². The van der Waals surface area contributed by atoms with Gasteiger partial charge < -0.3 is 31.1 Å². The van der Waals surface area contributed by atoms with E-state index in [1.807, 2.05) is 71.6 Å². The number of carbonyl (C=O) groups is 2. The van der Waals surface area contributed by atoms with Crippen LogP contribution >= 0.6 is 0 Å². The molecule has 276 valence electrons. The fraction of sp³-hybridized carbons (Fsp3) is 0.395. The van der Waals surface area contributed by atoms with E-state index in [0.29, 0.717) is 24.7 Å². The van der Waals surface area contributed by atoms with E-state index in [1.54, 1.807) is 0 Å². The topological polar surface area (TPSA) is 88.7 Å². The Hall–Kier alpha value is -4.80. The van der Waals surface area contributed by atoms with E-state index >= 15 is 8.78 Å². The van der Waals surface area contributed by atoms with E-state index in [0.717, 1.165) is 87.0 Å². The maximum absolute atomic E-state index is 16.2. The molecule has 0 aromatic heterocycles. The molecular formula is C43H48F2N6O2. The van der Waals surface area contributed by atoms with Gasteiger partial charge >= 0.3 is 0 Å². The number of nitrogens with zero attached hydrogens (tertiary/aromatic N) is 2. The first kappa shape index (κ1) is 35.2. The summed E-state index contributed by atoms with van der Waals surface area (Å²) in [6.07, 6.45) is 6.83. The standard InChI is InChI=1S/C43H48F2N6O2/c44-35-26-34(27-36(45)41(35)50-24-20-29(21-25-50)28-6-2-1-3-7-28)51-39(30-10-14-32(15-11-30)48-42(52)37-8-4-22-46-37)18-19-40(51)31-12-16-33(17-13-31)49-43(53)38-9-5-23-47-38/h1-3,6-7,10-17,26-27,29,37-40,46-47H,4-5,8-9,18-25H2,(H,48,52)(H,49,53)/t37-,38-,39-,40-/m0/s1. The van der Waals surface area contributed by atoms with Gasteiger partial charge in [0.05, 0.1) is 24.2 Å². The maximum Gasteiger partial charge on any atom is 0.241 e. The van der Waals surface area contributed by atoms with E-state index in [9.17, 15) is 9.59 Å². The van der Waals surface area contributed by atoms with Crippen LogP contribution in [0.2, 0.25) is 0 Å². The van der Waals surface area contributed by atoms with Crippen LogP contribution in [-0.4, -0.2) is 50.1 Å². The van der Waals surface area contributed by atoms with Gasteiger partial charge in [0.25, 0.3) is 0 Å². The largest absolute Gasteiger partial charge is 0.367 e. The van der Waals surface area contributed by atoms with Gasteiger partial charge in [0.15, 0.2) is 11.6 Å². The van der Waals surface area contributed by atoms with E-state index in [4.69, 9.17) is 0 Å². The summed E-state index contributed by atoms with van der Waals surface area (Å²) in [6.45, 7) is 2.86. The van der Waals surface area contributed by atoms with Crippen molar-refractivity contribution in [2.45, 2.75) is 81.5 Å². The number of piperidine rings is 1. The molecule has 2 amide bonds. The van der Waals surface area contributed by atoms with E-state index in [1.165, 1.54) is 17.7 Å². The van der Waals surface area contributed by atoms with Crippen molar-refractivity contribution in [3.05, 3.63) is 119 Å². The Balaban J connectivity index is 1.05. The summed E-state index contributed by atoms with van der Waals surface area (Å²) < 4.78 is 32.5. The van der Waals surface area contributed by atoms with Crippen LogP contribution in [0.25, 0.3) is 0 Å². The first-order valence-electron chi connectivity index (χ1n) is 19.3. The molecule has 0 saturated carbocycles. The molecule has 8 nitrogen and oxygen atoms in total. The van der Waals surface area contributed by atoms with Crippen LogP contribution in [0.5, 0.6) is 0 Å². The van der Waals surface area contributed by atoms with Gasteiger partial charge in [0.1, 0.15) is 5.69 Å². The molecule has 0 radical (unpaired) electrons. The smallest absolute Gasteiger partial charge is 0.241 e. The van der Waals surface area contributed by atoms with Crippen molar-refractivity contribution in [3.8, 4) is 0 Å². The lowest BCUT2D eigenvalue weighted by molar-refractivity contribution is -0.118. The zero-order chi connectivity index (χ0) is 36.3. The predicted octanol–water partition coefficient (Wildman–Crippen LogP) is 7.81. The van der Waals surface area contributed by atoms with Gasteiger partial charge in [0.2, 0.25) is 11.8 Å². The van der Waals surface area contributed by atoms with Crippen molar-refractivity contribution in [1.82, 2.24) is 10.6 Å². The summed E-state index contributed by atoms with van der Waals surface area (Å²) in [5.74, 6) is -0.804. The lowest BCUT2D eigenvalue weighted by Gasteiger charge is -2.36. The first-order valence-corrected chi connectivity index (χ1v) is 19.3. The second-order valence-corrected chi connectivity index (χ2v) is 15.0. The quantitative estimate of drug-likeness (QED) is 0.141. The molecule has 8 rings (SSSR count). The second-order valence-electron chi connectivity index (χ2n) is 15.0. The van der Waals surface area contributed by atoms with Gasteiger partial charge in [-0.25, -0.2) is 8.78 Å². The van der Waals surface area contributed by atoms with Crippen LogP contribution in [0, 0.1) is 11.6 Å². The van der Waals surface area contributed by atoms with Crippen molar-refractivity contribution in [2.75, 3.05) is 46.6 Å². The number of anilines is 4. The zero-order valence-electron chi connectivity index (χ0n) is 30.0. The highest BCUT2D eigenvalue weighted by molar-refractivity contribution is 5.95. The monoisotopic (exact) mass is 718 g/mol. The summed E-state index contributed by atoms with van der Waals surface area (Å²) in [6, 6.07) is 28.4. The van der Waals surface area contributed by atoms with Crippen LogP contribution in [0.4, 0.5) is 31.5 Å². The van der Waals surface area contributed by atoms with Gasteiger partial charge in [-0.15, -0.1) is 0 Å². The average molecular weight is 719 g/mol. The van der Waals surface area contributed by atoms with Crippen LogP contribution in [-0.2, 0) is 9.59 Å². The van der Waals surface area contributed by atoms with Crippen LogP contribution < -0.4 is 31.1 Å². The number of hydrogen-bond acceptors (Lipinski definition) is 6. The molecule has 4 aromatic rings. The van der Waals surface area contributed by atoms with Crippen LogP contribution in [0.3, 0.4) is 0 Å². The molecule has 10 heteroatoms. The Labute approximate surface area is 310 Å². The highest BCUT2D eigenvalue weighted by Gasteiger charge is 2.37. The molecule has 4 fully saturated rings. The molecule has 0 unspecified atom stereocenters. The van der Waals surface area contributed by atoms with Crippen molar-refractivity contribution < 1.29 is 18.4 Å². The fourth-order valence-electron chi connectivity index (χ4n) is 8.84. The van der Waals surface area contributed by atoms with Gasteiger partial charge in [-0.1, -0.05) is 54.6 Å². The number of carbonyl (C=O) groups excluding carboxylic acids is 2. The second kappa shape index (κ2) is 15.7.